The van der Waals surface area contributed by atoms with Crippen LogP contribution in [0.2, 0.25) is 0 Å². The Labute approximate surface area is 128 Å². The molecule has 0 fully saturated rings. The first-order valence-corrected chi connectivity index (χ1v) is 8.96. The van der Waals surface area contributed by atoms with Crippen LogP contribution in [0.3, 0.4) is 0 Å². The highest BCUT2D eigenvalue weighted by molar-refractivity contribution is 7.93. The van der Waals surface area contributed by atoms with Gasteiger partial charge in [0, 0.05) is 17.6 Å². The van der Waals surface area contributed by atoms with Crippen molar-refractivity contribution < 1.29 is 8.42 Å². The molecule has 114 valence electrons. The fraction of sp³-hybridized carbons (Fsp3) is 0.385. The molecule has 0 radical (unpaired) electrons. The Bertz CT molecular complexity index is 726. The van der Waals surface area contributed by atoms with Crippen LogP contribution in [0, 0.1) is 6.92 Å². The number of hydrogen-bond donors (Lipinski definition) is 2. The van der Waals surface area contributed by atoms with E-state index in [4.69, 9.17) is 0 Å². The van der Waals surface area contributed by atoms with E-state index in [0.29, 0.717) is 17.4 Å². The van der Waals surface area contributed by atoms with Crippen molar-refractivity contribution in [1.29, 1.82) is 0 Å². The maximum absolute atomic E-state index is 12.5. The third-order valence-corrected chi connectivity index (χ3v) is 5.20. The Balaban J connectivity index is 2.34. The predicted molar refractivity (Wildman–Crippen MR) is 85.4 cm³/mol. The van der Waals surface area contributed by atoms with E-state index in [2.05, 4.69) is 20.0 Å². The van der Waals surface area contributed by atoms with Crippen LogP contribution in [-0.4, -0.2) is 24.9 Å². The smallest absolute Gasteiger partial charge is 0.283 e. The lowest BCUT2D eigenvalue weighted by Gasteiger charge is -2.10. The molecule has 0 aliphatic heterocycles. The largest absolute Gasteiger partial charge is 0.383 e. The van der Waals surface area contributed by atoms with Gasteiger partial charge in [0.2, 0.25) is 0 Å². The van der Waals surface area contributed by atoms with E-state index in [9.17, 15) is 8.42 Å². The van der Waals surface area contributed by atoms with Crippen LogP contribution in [0.25, 0.3) is 0 Å². The SMILES string of the molecule is CCNc1cccnc1S(=O)(=O)Nc1nc(CC)c(C)s1. The number of aryl methyl sites for hydroxylation is 2. The first kappa shape index (κ1) is 15.7. The molecule has 0 unspecified atom stereocenters. The number of aromatic nitrogens is 2. The van der Waals surface area contributed by atoms with Crippen molar-refractivity contribution in [1.82, 2.24) is 9.97 Å². The average molecular weight is 326 g/mol. The van der Waals surface area contributed by atoms with Gasteiger partial charge in [-0.05, 0) is 32.4 Å². The van der Waals surface area contributed by atoms with Gasteiger partial charge >= 0.3 is 0 Å². The summed E-state index contributed by atoms with van der Waals surface area (Å²) in [5, 5.41) is 3.35. The first-order valence-electron chi connectivity index (χ1n) is 6.66. The van der Waals surface area contributed by atoms with Crippen molar-refractivity contribution in [3.05, 3.63) is 28.9 Å². The Morgan fingerprint density at radius 3 is 2.71 bits per heavy atom. The highest BCUT2D eigenvalue weighted by Crippen LogP contribution is 2.26. The third kappa shape index (κ3) is 3.51. The molecule has 2 aromatic heterocycles. The van der Waals surface area contributed by atoms with E-state index in [1.54, 1.807) is 12.1 Å². The molecule has 0 amide bonds. The van der Waals surface area contributed by atoms with Gasteiger partial charge in [-0.25, -0.2) is 9.97 Å². The number of nitrogens with one attached hydrogen (secondary N) is 2. The van der Waals surface area contributed by atoms with Gasteiger partial charge in [-0.1, -0.05) is 6.92 Å². The highest BCUT2D eigenvalue weighted by Gasteiger charge is 2.22. The Morgan fingerprint density at radius 1 is 1.33 bits per heavy atom. The second kappa shape index (κ2) is 6.40. The summed E-state index contributed by atoms with van der Waals surface area (Å²) in [7, 11) is -3.75. The summed E-state index contributed by atoms with van der Waals surface area (Å²) in [6, 6.07) is 3.38. The molecule has 2 N–H and O–H groups in total. The van der Waals surface area contributed by atoms with Gasteiger partial charge in [0.25, 0.3) is 10.0 Å². The number of nitrogens with zero attached hydrogens (tertiary/aromatic N) is 2. The number of thiazole rings is 1. The lowest BCUT2D eigenvalue weighted by Crippen LogP contribution is -2.17. The lowest BCUT2D eigenvalue weighted by molar-refractivity contribution is 0.598. The van der Waals surface area contributed by atoms with Crippen LogP contribution in [0.5, 0.6) is 0 Å². The van der Waals surface area contributed by atoms with Crippen LogP contribution in [0.15, 0.2) is 23.4 Å². The lowest BCUT2D eigenvalue weighted by atomic mass is 10.3. The molecule has 21 heavy (non-hydrogen) atoms. The van der Waals surface area contributed by atoms with E-state index in [1.165, 1.54) is 17.5 Å². The zero-order valence-corrected chi connectivity index (χ0v) is 13.8. The van der Waals surface area contributed by atoms with E-state index < -0.39 is 10.0 Å². The first-order chi connectivity index (χ1) is 9.97. The molecule has 0 atom stereocenters. The van der Waals surface area contributed by atoms with Crippen molar-refractivity contribution in [3.8, 4) is 0 Å². The molecular formula is C13H18N4O2S2. The molecule has 0 spiro atoms. The van der Waals surface area contributed by atoms with Gasteiger partial charge in [0.1, 0.15) is 0 Å². The molecule has 0 bridgehead atoms. The van der Waals surface area contributed by atoms with E-state index >= 15 is 0 Å². The minimum absolute atomic E-state index is 0.0160. The summed E-state index contributed by atoms with van der Waals surface area (Å²) in [5.74, 6) is 0. The number of hydrogen-bond acceptors (Lipinski definition) is 6. The van der Waals surface area contributed by atoms with E-state index in [0.717, 1.165) is 17.0 Å². The average Bonchev–Trinajstić information content (AvgIpc) is 2.78. The Morgan fingerprint density at radius 2 is 2.10 bits per heavy atom. The van der Waals surface area contributed by atoms with E-state index in [1.807, 2.05) is 20.8 Å². The fourth-order valence-corrected chi connectivity index (χ4v) is 4.14. The van der Waals surface area contributed by atoms with Crippen LogP contribution in [-0.2, 0) is 16.4 Å². The standard InChI is InChI=1S/C13H18N4O2S2/c1-4-10-9(3)20-13(16-10)17-21(18,19)12-11(14-5-2)7-6-8-15-12/h6-8,14H,4-5H2,1-3H3,(H,16,17). The fourth-order valence-electron chi connectivity index (χ4n) is 1.89. The van der Waals surface area contributed by atoms with Crippen LogP contribution >= 0.6 is 11.3 Å². The molecule has 2 heterocycles. The molecule has 0 aliphatic carbocycles. The Hall–Kier alpha value is -1.67. The maximum atomic E-state index is 12.5. The van der Waals surface area contributed by atoms with Crippen LogP contribution in [0.4, 0.5) is 10.8 Å². The van der Waals surface area contributed by atoms with Gasteiger partial charge in [-0.15, -0.1) is 11.3 Å². The Kier molecular flexibility index (Phi) is 4.79. The van der Waals surface area contributed by atoms with Gasteiger partial charge in [-0.3, -0.25) is 4.72 Å². The minimum atomic E-state index is -3.75. The minimum Gasteiger partial charge on any atom is -0.383 e. The van der Waals surface area contributed by atoms with Crippen molar-refractivity contribution in [2.45, 2.75) is 32.2 Å². The second-order valence-electron chi connectivity index (χ2n) is 4.37. The summed E-state index contributed by atoms with van der Waals surface area (Å²) in [4.78, 5) is 9.29. The summed E-state index contributed by atoms with van der Waals surface area (Å²) >= 11 is 1.33. The number of pyridine rings is 1. The predicted octanol–water partition coefficient (Wildman–Crippen LogP) is 2.64. The molecule has 2 rings (SSSR count). The molecule has 8 heteroatoms. The van der Waals surface area contributed by atoms with Gasteiger partial charge in [0.05, 0.1) is 11.4 Å². The van der Waals surface area contributed by atoms with Gasteiger partial charge in [0.15, 0.2) is 10.2 Å². The third-order valence-electron chi connectivity index (χ3n) is 2.84. The summed E-state index contributed by atoms with van der Waals surface area (Å²) in [5.41, 5.74) is 1.39. The van der Waals surface area contributed by atoms with Crippen molar-refractivity contribution in [2.75, 3.05) is 16.6 Å². The maximum Gasteiger partial charge on any atom is 0.283 e. The molecule has 0 aromatic carbocycles. The zero-order chi connectivity index (χ0) is 15.5. The molecular weight excluding hydrogens is 308 g/mol. The molecule has 0 saturated heterocycles. The zero-order valence-electron chi connectivity index (χ0n) is 12.2. The van der Waals surface area contributed by atoms with Gasteiger partial charge < -0.3 is 5.32 Å². The van der Waals surface area contributed by atoms with Crippen LogP contribution in [0.1, 0.15) is 24.4 Å². The monoisotopic (exact) mass is 326 g/mol. The van der Waals surface area contributed by atoms with Crippen LogP contribution < -0.4 is 10.0 Å². The summed E-state index contributed by atoms with van der Waals surface area (Å²) < 4.78 is 27.4. The van der Waals surface area contributed by atoms with E-state index in [-0.39, 0.29) is 5.03 Å². The van der Waals surface area contributed by atoms with Gasteiger partial charge in [-0.2, -0.15) is 8.42 Å². The molecule has 2 aromatic rings. The number of rotatable bonds is 6. The quantitative estimate of drug-likeness (QED) is 0.852. The molecule has 0 aliphatic rings. The van der Waals surface area contributed by atoms with Crippen molar-refractivity contribution in [3.63, 3.8) is 0 Å². The van der Waals surface area contributed by atoms with Crippen molar-refractivity contribution >= 4 is 32.2 Å². The molecule has 6 nitrogen and oxygen atoms in total. The highest BCUT2D eigenvalue weighted by atomic mass is 32.2. The number of sulfonamides is 1. The number of anilines is 2. The summed E-state index contributed by atoms with van der Waals surface area (Å²) in [6.45, 7) is 6.43. The summed E-state index contributed by atoms with van der Waals surface area (Å²) in [6.07, 6.45) is 2.23. The topological polar surface area (TPSA) is 84.0 Å². The van der Waals surface area contributed by atoms with Crippen molar-refractivity contribution in [2.24, 2.45) is 0 Å². The normalized spacial score (nSPS) is 11.4. The molecule has 0 saturated carbocycles. The second-order valence-corrected chi connectivity index (χ2v) is 7.17.